The molecule has 0 saturated carbocycles. The Kier molecular flexibility index (Phi) is 12.7. The van der Waals surface area contributed by atoms with Gasteiger partial charge in [-0.3, -0.25) is 0 Å². The van der Waals surface area contributed by atoms with E-state index in [0.29, 0.717) is 13.2 Å². The van der Waals surface area contributed by atoms with Gasteiger partial charge in [0, 0.05) is 7.11 Å². The lowest BCUT2D eigenvalue weighted by Crippen LogP contribution is -2.62. The molecular formula is C37H40O8. The van der Waals surface area contributed by atoms with E-state index in [-0.39, 0.29) is 26.4 Å². The predicted octanol–water partition coefficient (Wildman–Crippen LogP) is 5.87. The highest BCUT2D eigenvalue weighted by Gasteiger charge is 2.50. The lowest BCUT2D eigenvalue weighted by molar-refractivity contribution is -0.321. The van der Waals surface area contributed by atoms with Gasteiger partial charge in [0.2, 0.25) is 6.29 Å². The summed E-state index contributed by atoms with van der Waals surface area (Å²) >= 11 is 0. The summed E-state index contributed by atoms with van der Waals surface area (Å²) in [5.74, 6) is -0.578. The first kappa shape index (κ1) is 32.5. The van der Waals surface area contributed by atoms with Crippen LogP contribution in [0.5, 0.6) is 0 Å². The van der Waals surface area contributed by atoms with Crippen LogP contribution in [0.3, 0.4) is 0 Å². The first-order chi connectivity index (χ1) is 22.2. The van der Waals surface area contributed by atoms with Gasteiger partial charge >= 0.3 is 5.97 Å². The lowest BCUT2D eigenvalue weighted by atomic mass is 9.97. The van der Waals surface area contributed by atoms with Gasteiger partial charge in [0.25, 0.3) is 0 Å². The molecule has 0 radical (unpaired) electrons. The zero-order valence-electron chi connectivity index (χ0n) is 25.4. The second-order valence-electron chi connectivity index (χ2n) is 10.8. The van der Waals surface area contributed by atoms with Crippen LogP contribution >= 0.6 is 0 Å². The van der Waals surface area contributed by atoms with Crippen LogP contribution in [-0.2, 0) is 64.4 Å². The third kappa shape index (κ3) is 10.1. The highest BCUT2D eigenvalue weighted by Crippen LogP contribution is 2.31. The highest BCUT2D eigenvalue weighted by molar-refractivity contribution is 5.70. The van der Waals surface area contributed by atoms with Crippen LogP contribution in [0.25, 0.3) is 0 Å². The first-order valence-electron chi connectivity index (χ1n) is 15.1. The number of carbonyl (C=O) groups is 1. The van der Waals surface area contributed by atoms with Crippen molar-refractivity contribution in [2.75, 3.05) is 20.3 Å². The molecule has 4 aromatic carbocycles. The lowest BCUT2D eigenvalue weighted by Gasteiger charge is -2.45. The van der Waals surface area contributed by atoms with E-state index >= 15 is 0 Å². The average molecular weight is 613 g/mol. The largest absolute Gasteiger partial charge is 0.431 e. The van der Waals surface area contributed by atoms with Crippen molar-refractivity contribution in [3.63, 3.8) is 0 Å². The molecule has 0 bridgehead atoms. The van der Waals surface area contributed by atoms with Crippen LogP contribution in [0, 0.1) is 0 Å². The van der Waals surface area contributed by atoms with E-state index in [9.17, 15) is 4.79 Å². The summed E-state index contributed by atoms with van der Waals surface area (Å²) in [5, 5.41) is 0. The molecule has 4 aromatic rings. The number of hydrogen-bond donors (Lipinski definition) is 0. The SMILES string of the molecule is COCC(=O)OC1O[C@H](COCc2ccccc2)[C@@H](OCc2ccccc2)[C@H](OCc2ccccc2)[C@H]1OCc1ccccc1. The van der Waals surface area contributed by atoms with Gasteiger partial charge in [-0.15, -0.1) is 0 Å². The smallest absolute Gasteiger partial charge is 0.334 e. The summed E-state index contributed by atoms with van der Waals surface area (Å²) in [5.41, 5.74) is 3.96. The Morgan fingerprint density at radius 2 is 1.00 bits per heavy atom. The first-order valence-corrected chi connectivity index (χ1v) is 15.1. The van der Waals surface area contributed by atoms with Gasteiger partial charge in [-0.05, 0) is 22.3 Å². The number of ether oxygens (including phenoxy) is 7. The Labute approximate surface area is 264 Å². The maximum absolute atomic E-state index is 12.7. The molecule has 8 nitrogen and oxygen atoms in total. The molecule has 0 spiro atoms. The molecule has 5 rings (SSSR count). The molecule has 1 fully saturated rings. The molecule has 0 aromatic heterocycles. The average Bonchev–Trinajstić information content (AvgIpc) is 3.08. The van der Waals surface area contributed by atoms with Gasteiger partial charge in [-0.2, -0.15) is 0 Å². The molecule has 8 heteroatoms. The van der Waals surface area contributed by atoms with Crippen molar-refractivity contribution in [2.24, 2.45) is 0 Å². The Morgan fingerprint density at radius 3 is 1.47 bits per heavy atom. The van der Waals surface area contributed by atoms with Gasteiger partial charge in [0.1, 0.15) is 31.0 Å². The van der Waals surface area contributed by atoms with Crippen molar-refractivity contribution >= 4 is 5.97 Å². The third-order valence-corrected chi connectivity index (χ3v) is 7.35. The maximum Gasteiger partial charge on any atom is 0.334 e. The van der Waals surface area contributed by atoms with E-state index in [1.54, 1.807) is 0 Å². The molecule has 1 saturated heterocycles. The zero-order valence-corrected chi connectivity index (χ0v) is 25.4. The van der Waals surface area contributed by atoms with Crippen LogP contribution in [-0.4, -0.2) is 57.0 Å². The topological polar surface area (TPSA) is 81.7 Å². The van der Waals surface area contributed by atoms with Crippen LogP contribution in [0.15, 0.2) is 121 Å². The fraction of sp³-hybridized carbons (Fsp3) is 0.324. The molecule has 1 unspecified atom stereocenters. The monoisotopic (exact) mass is 612 g/mol. The molecule has 236 valence electrons. The maximum atomic E-state index is 12.7. The summed E-state index contributed by atoms with van der Waals surface area (Å²) in [6.45, 7) is 1.17. The number of rotatable bonds is 16. The number of methoxy groups -OCH3 is 1. The van der Waals surface area contributed by atoms with Crippen LogP contribution < -0.4 is 0 Å². The minimum atomic E-state index is -1.10. The minimum Gasteiger partial charge on any atom is -0.431 e. The van der Waals surface area contributed by atoms with Gasteiger partial charge in [0.15, 0.2) is 0 Å². The molecule has 45 heavy (non-hydrogen) atoms. The van der Waals surface area contributed by atoms with E-state index in [1.807, 2.05) is 121 Å². The molecule has 0 aliphatic carbocycles. The predicted molar refractivity (Wildman–Crippen MR) is 168 cm³/mol. The van der Waals surface area contributed by atoms with Crippen molar-refractivity contribution in [3.8, 4) is 0 Å². The summed E-state index contributed by atoms with van der Waals surface area (Å²) in [4.78, 5) is 12.7. The number of esters is 1. The third-order valence-electron chi connectivity index (χ3n) is 7.35. The van der Waals surface area contributed by atoms with E-state index in [2.05, 4.69) is 0 Å². The van der Waals surface area contributed by atoms with Crippen molar-refractivity contribution in [1.82, 2.24) is 0 Å². The number of carbonyl (C=O) groups excluding carboxylic acids is 1. The molecule has 1 aliphatic rings. The normalized spacial score (nSPS) is 21.3. The minimum absolute atomic E-state index is 0.170. The highest BCUT2D eigenvalue weighted by atomic mass is 16.7. The summed E-state index contributed by atoms with van der Waals surface area (Å²) in [6.07, 6.45) is -3.87. The number of hydrogen-bond acceptors (Lipinski definition) is 8. The van der Waals surface area contributed by atoms with Crippen molar-refractivity contribution < 1.29 is 38.0 Å². The summed E-state index contributed by atoms with van der Waals surface area (Å²) in [6, 6.07) is 39.5. The van der Waals surface area contributed by atoms with E-state index in [4.69, 9.17) is 33.2 Å². The standard InChI is InChI=1S/C37H40O8/c1-39-27-33(38)45-37-36(43-25-31-20-12-5-13-21-31)35(42-24-30-18-10-4-11-19-30)34(41-23-29-16-8-3-9-17-29)32(44-37)26-40-22-28-14-6-2-7-15-28/h2-21,32,34-37H,22-27H2,1H3/t32-,34-,35+,36-,37?/m1/s1. The van der Waals surface area contributed by atoms with Crippen LogP contribution in [0.4, 0.5) is 0 Å². The van der Waals surface area contributed by atoms with Crippen molar-refractivity contribution in [1.29, 1.82) is 0 Å². The molecule has 0 amide bonds. The van der Waals surface area contributed by atoms with E-state index < -0.39 is 36.7 Å². The second kappa shape index (κ2) is 17.6. The fourth-order valence-electron chi connectivity index (χ4n) is 5.12. The van der Waals surface area contributed by atoms with E-state index in [0.717, 1.165) is 22.3 Å². The Hall–Kier alpha value is -3.89. The molecular weight excluding hydrogens is 572 g/mol. The molecule has 1 heterocycles. The molecule has 0 N–H and O–H groups in total. The molecule has 5 atom stereocenters. The van der Waals surface area contributed by atoms with Crippen LogP contribution in [0.2, 0.25) is 0 Å². The van der Waals surface area contributed by atoms with Gasteiger partial charge in [-0.1, -0.05) is 121 Å². The fourth-order valence-corrected chi connectivity index (χ4v) is 5.12. The van der Waals surface area contributed by atoms with Crippen molar-refractivity contribution in [2.45, 2.75) is 57.1 Å². The van der Waals surface area contributed by atoms with Crippen molar-refractivity contribution in [3.05, 3.63) is 144 Å². The Morgan fingerprint density at radius 1 is 0.578 bits per heavy atom. The Balaban J connectivity index is 1.44. The number of benzene rings is 4. The van der Waals surface area contributed by atoms with E-state index in [1.165, 1.54) is 7.11 Å². The molecule has 1 aliphatic heterocycles. The van der Waals surface area contributed by atoms with Crippen LogP contribution in [0.1, 0.15) is 22.3 Å². The zero-order chi connectivity index (χ0) is 31.1. The summed E-state index contributed by atoms with van der Waals surface area (Å²) < 4.78 is 43.2. The quantitative estimate of drug-likeness (QED) is 0.145. The van der Waals surface area contributed by atoms with Gasteiger partial charge in [-0.25, -0.2) is 4.79 Å². The second-order valence-corrected chi connectivity index (χ2v) is 10.8. The summed E-state index contributed by atoms with van der Waals surface area (Å²) in [7, 11) is 1.44. The van der Waals surface area contributed by atoms with Gasteiger partial charge in [0.05, 0.1) is 33.0 Å². The van der Waals surface area contributed by atoms with Gasteiger partial charge < -0.3 is 33.2 Å². The Bertz CT molecular complexity index is 1390.